The van der Waals surface area contributed by atoms with Gasteiger partial charge in [0, 0.05) is 0 Å². The van der Waals surface area contributed by atoms with Crippen LogP contribution in [0.3, 0.4) is 0 Å². The smallest absolute Gasteiger partial charge is 0.343 e. The molecule has 1 aliphatic heterocycles. The molecule has 0 aromatic heterocycles. The quantitative estimate of drug-likeness (QED) is 0.585. The predicted octanol–water partition coefficient (Wildman–Crippen LogP) is 3.52. The average Bonchev–Trinajstić information content (AvgIpc) is 3.07. The molecule has 0 radical (unpaired) electrons. The third-order valence-electron chi connectivity index (χ3n) is 4.28. The van der Waals surface area contributed by atoms with Crippen LogP contribution in [0.5, 0.6) is 0 Å². The zero-order valence-electron chi connectivity index (χ0n) is 15.2. The van der Waals surface area contributed by atoms with Crippen LogP contribution in [0, 0.1) is 0 Å². The molecule has 0 saturated carbocycles. The fraction of sp³-hybridized carbons (Fsp3) is 0.190. The van der Waals surface area contributed by atoms with Crippen LogP contribution < -0.4 is 0 Å². The fourth-order valence-corrected chi connectivity index (χ4v) is 4.24. The Labute approximate surface area is 159 Å². The number of hydrogen-bond donors (Lipinski definition) is 0. The minimum atomic E-state index is -3.54. The Kier molecular flexibility index (Phi) is 5.46. The third-order valence-corrected chi connectivity index (χ3v) is 5.46. The van der Waals surface area contributed by atoms with Gasteiger partial charge in [-0.2, -0.15) is 0 Å². The Morgan fingerprint density at radius 2 is 1.63 bits per heavy atom. The SMILES string of the molecule is C/C(OC(=O)c1ccccc1)=C1\C=CC(Cc2ccccc2)N1S(C)(=O)=O. The number of benzene rings is 2. The van der Waals surface area contributed by atoms with Crippen LogP contribution in [0.2, 0.25) is 0 Å². The number of sulfonamides is 1. The van der Waals surface area contributed by atoms with Gasteiger partial charge in [0.25, 0.3) is 0 Å². The molecule has 2 aromatic rings. The Morgan fingerprint density at radius 1 is 1.04 bits per heavy atom. The number of allylic oxidation sites excluding steroid dienone is 2. The van der Waals surface area contributed by atoms with Crippen molar-refractivity contribution in [3.63, 3.8) is 0 Å². The maximum atomic E-state index is 12.4. The molecule has 0 aliphatic carbocycles. The highest BCUT2D eigenvalue weighted by atomic mass is 32.2. The lowest BCUT2D eigenvalue weighted by molar-refractivity contribution is 0.0618. The Bertz CT molecular complexity index is 979. The molecule has 2 aromatic carbocycles. The molecule has 0 spiro atoms. The summed E-state index contributed by atoms with van der Waals surface area (Å²) in [7, 11) is -3.54. The van der Waals surface area contributed by atoms with Crippen molar-refractivity contribution in [1.29, 1.82) is 0 Å². The minimum absolute atomic E-state index is 0.251. The minimum Gasteiger partial charge on any atom is -0.426 e. The van der Waals surface area contributed by atoms with Crippen molar-refractivity contribution in [3.05, 3.63) is 95.4 Å². The molecular weight excluding hydrogens is 362 g/mol. The first kappa shape index (κ1) is 18.9. The second kappa shape index (κ2) is 7.80. The van der Waals surface area contributed by atoms with Gasteiger partial charge in [-0.05, 0) is 37.1 Å². The van der Waals surface area contributed by atoms with Crippen LogP contribution in [0.15, 0.2) is 84.3 Å². The number of carbonyl (C=O) groups is 1. The second-order valence-corrected chi connectivity index (χ2v) is 8.23. The van der Waals surface area contributed by atoms with Crippen molar-refractivity contribution in [2.45, 2.75) is 19.4 Å². The molecule has 3 rings (SSSR count). The summed E-state index contributed by atoms with van der Waals surface area (Å²) < 4.78 is 31.6. The van der Waals surface area contributed by atoms with Crippen LogP contribution in [-0.4, -0.2) is 31.0 Å². The van der Waals surface area contributed by atoms with Crippen LogP contribution in [0.25, 0.3) is 0 Å². The van der Waals surface area contributed by atoms with Crippen LogP contribution >= 0.6 is 0 Å². The van der Waals surface area contributed by atoms with Gasteiger partial charge in [0.05, 0.1) is 23.6 Å². The van der Waals surface area contributed by atoms with Crippen molar-refractivity contribution >= 4 is 16.0 Å². The van der Waals surface area contributed by atoms with Crippen molar-refractivity contribution in [2.75, 3.05) is 6.26 Å². The normalized spacial score (nSPS) is 18.4. The third kappa shape index (κ3) is 4.46. The summed E-state index contributed by atoms with van der Waals surface area (Å²) in [5.41, 5.74) is 1.81. The zero-order valence-corrected chi connectivity index (χ0v) is 16.0. The molecule has 0 bridgehead atoms. The van der Waals surface area contributed by atoms with Gasteiger partial charge in [-0.3, -0.25) is 4.31 Å². The number of hydrogen-bond acceptors (Lipinski definition) is 4. The van der Waals surface area contributed by atoms with Gasteiger partial charge in [-0.15, -0.1) is 0 Å². The first-order valence-electron chi connectivity index (χ1n) is 8.56. The monoisotopic (exact) mass is 383 g/mol. The highest BCUT2D eigenvalue weighted by molar-refractivity contribution is 7.88. The number of rotatable bonds is 5. The van der Waals surface area contributed by atoms with E-state index in [1.54, 1.807) is 43.3 Å². The average molecular weight is 383 g/mol. The summed E-state index contributed by atoms with van der Waals surface area (Å²) in [5.74, 6) is -0.268. The topological polar surface area (TPSA) is 63.7 Å². The maximum absolute atomic E-state index is 12.4. The Balaban J connectivity index is 1.86. The molecule has 0 amide bonds. The Morgan fingerprint density at radius 3 is 2.22 bits per heavy atom. The molecule has 6 heteroatoms. The van der Waals surface area contributed by atoms with Gasteiger partial charge >= 0.3 is 5.97 Å². The van der Waals surface area contributed by atoms with Gasteiger partial charge in [0.15, 0.2) is 0 Å². The van der Waals surface area contributed by atoms with E-state index in [0.29, 0.717) is 17.7 Å². The predicted molar refractivity (Wildman–Crippen MR) is 104 cm³/mol. The number of ether oxygens (including phenoxy) is 1. The Hall–Kier alpha value is -2.86. The van der Waals surface area contributed by atoms with Crippen molar-refractivity contribution in [1.82, 2.24) is 4.31 Å². The number of nitrogens with zero attached hydrogens (tertiary/aromatic N) is 1. The van der Waals surface area contributed by atoms with E-state index in [0.717, 1.165) is 11.8 Å². The van der Waals surface area contributed by atoms with E-state index in [4.69, 9.17) is 4.74 Å². The van der Waals surface area contributed by atoms with E-state index in [2.05, 4.69) is 0 Å². The number of esters is 1. The van der Waals surface area contributed by atoms with E-state index >= 15 is 0 Å². The van der Waals surface area contributed by atoms with Gasteiger partial charge in [0.1, 0.15) is 5.76 Å². The first-order chi connectivity index (χ1) is 12.9. The lowest BCUT2D eigenvalue weighted by Gasteiger charge is -2.26. The lowest BCUT2D eigenvalue weighted by atomic mass is 10.1. The number of carbonyl (C=O) groups excluding carboxylic acids is 1. The summed E-state index contributed by atoms with van der Waals surface area (Å²) in [6, 6.07) is 17.9. The molecule has 1 atom stereocenters. The van der Waals surface area contributed by atoms with E-state index in [1.165, 1.54) is 4.31 Å². The highest BCUT2D eigenvalue weighted by Crippen LogP contribution is 2.29. The van der Waals surface area contributed by atoms with Crippen molar-refractivity contribution in [2.24, 2.45) is 0 Å². The summed E-state index contributed by atoms with van der Waals surface area (Å²) in [6.07, 6.45) is 5.21. The second-order valence-electron chi connectivity index (χ2n) is 6.37. The van der Waals surface area contributed by atoms with E-state index < -0.39 is 16.0 Å². The summed E-state index contributed by atoms with van der Waals surface area (Å²) in [4.78, 5) is 12.3. The van der Waals surface area contributed by atoms with Crippen molar-refractivity contribution < 1.29 is 17.9 Å². The molecule has 1 heterocycles. The molecule has 5 nitrogen and oxygen atoms in total. The van der Waals surface area contributed by atoms with Gasteiger partial charge < -0.3 is 4.74 Å². The summed E-state index contributed by atoms with van der Waals surface area (Å²) in [5, 5.41) is 0. The van der Waals surface area contributed by atoms with Gasteiger partial charge in [-0.25, -0.2) is 13.2 Å². The zero-order chi connectivity index (χ0) is 19.4. The molecule has 140 valence electrons. The summed E-state index contributed by atoms with van der Waals surface area (Å²) in [6.45, 7) is 1.60. The van der Waals surface area contributed by atoms with Crippen LogP contribution in [-0.2, 0) is 21.2 Å². The molecule has 0 saturated heterocycles. The molecule has 1 aliphatic rings. The van der Waals surface area contributed by atoms with E-state index in [1.807, 2.05) is 36.4 Å². The van der Waals surface area contributed by atoms with Crippen LogP contribution in [0.4, 0.5) is 0 Å². The van der Waals surface area contributed by atoms with E-state index in [-0.39, 0.29) is 11.8 Å². The summed E-state index contributed by atoms with van der Waals surface area (Å²) >= 11 is 0. The van der Waals surface area contributed by atoms with E-state index in [9.17, 15) is 13.2 Å². The van der Waals surface area contributed by atoms with Gasteiger partial charge in [-0.1, -0.05) is 54.6 Å². The first-order valence-corrected chi connectivity index (χ1v) is 10.4. The molecule has 27 heavy (non-hydrogen) atoms. The fourth-order valence-electron chi connectivity index (χ4n) is 3.06. The maximum Gasteiger partial charge on any atom is 0.343 e. The largest absolute Gasteiger partial charge is 0.426 e. The molecule has 0 fully saturated rings. The van der Waals surface area contributed by atoms with Crippen LogP contribution in [0.1, 0.15) is 22.8 Å². The molecular formula is C21H21NO4S. The molecule has 1 unspecified atom stereocenters. The van der Waals surface area contributed by atoms with Crippen molar-refractivity contribution in [3.8, 4) is 0 Å². The lowest BCUT2D eigenvalue weighted by Crippen LogP contribution is -2.36. The molecule has 0 N–H and O–H groups in total. The standard InChI is InChI=1S/C21H21NO4S/c1-16(26-21(23)18-11-7-4-8-12-18)20-14-13-19(22(20)27(2,24)25)15-17-9-5-3-6-10-17/h3-14,19H,15H2,1-2H3/b20-16-. The van der Waals surface area contributed by atoms with Gasteiger partial charge in [0.2, 0.25) is 10.0 Å². The highest BCUT2D eigenvalue weighted by Gasteiger charge is 2.32.